The topological polar surface area (TPSA) is 102 Å². The minimum Gasteiger partial charge on any atom is -0.452 e. The van der Waals surface area contributed by atoms with Crippen molar-refractivity contribution in [1.82, 2.24) is 0 Å². The molecule has 25 heavy (non-hydrogen) atoms. The van der Waals surface area contributed by atoms with Gasteiger partial charge in [-0.3, -0.25) is 9.59 Å². The highest BCUT2D eigenvalue weighted by Crippen LogP contribution is 2.14. The molecule has 0 aliphatic carbocycles. The summed E-state index contributed by atoms with van der Waals surface area (Å²) in [6.07, 6.45) is 0. The Kier molecular flexibility index (Phi) is 5.73. The molecule has 0 fully saturated rings. The molecular formula is C18H19N3O4. The highest BCUT2D eigenvalue weighted by atomic mass is 16.5. The lowest BCUT2D eigenvalue weighted by Gasteiger charge is -2.13. The maximum absolute atomic E-state index is 12.0. The number of carbonyl (C=O) groups is 3. The lowest BCUT2D eigenvalue weighted by Crippen LogP contribution is -2.21. The van der Waals surface area contributed by atoms with Gasteiger partial charge in [0.1, 0.15) is 0 Å². The van der Waals surface area contributed by atoms with Crippen LogP contribution in [0.1, 0.15) is 20.7 Å². The molecule has 0 atom stereocenters. The van der Waals surface area contributed by atoms with Crippen LogP contribution in [0.4, 0.5) is 11.4 Å². The summed E-state index contributed by atoms with van der Waals surface area (Å²) in [7, 11) is 3.72. The molecule has 0 aliphatic rings. The molecule has 2 aromatic carbocycles. The van der Waals surface area contributed by atoms with E-state index in [-0.39, 0.29) is 0 Å². The largest absolute Gasteiger partial charge is 0.452 e. The quantitative estimate of drug-likeness (QED) is 0.778. The summed E-state index contributed by atoms with van der Waals surface area (Å²) in [4.78, 5) is 36.7. The molecule has 0 aromatic heterocycles. The monoisotopic (exact) mass is 341 g/mol. The van der Waals surface area contributed by atoms with Gasteiger partial charge in [-0.25, -0.2) is 4.79 Å². The van der Waals surface area contributed by atoms with Gasteiger partial charge in [0, 0.05) is 31.0 Å². The molecule has 0 saturated carbocycles. The van der Waals surface area contributed by atoms with E-state index in [9.17, 15) is 14.4 Å². The van der Waals surface area contributed by atoms with E-state index in [0.717, 1.165) is 5.69 Å². The number of rotatable bonds is 6. The average Bonchev–Trinajstić information content (AvgIpc) is 2.60. The number of nitrogens with two attached hydrogens (primary N) is 1. The molecule has 7 nitrogen and oxygen atoms in total. The maximum atomic E-state index is 12.0. The molecule has 2 aromatic rings. The van der Waals surface area contributed by atoms with Crippen molar-refractivity contribution in [3.05, 3.63) is 59.7 Å². The number of anilines is 2. The van der Waals surface area contributed by atoms with Crippen molar-refractivity contribution in [3.63, 3.8) is 0 Å². The van der Waals surface area contributed by atoms with Crippen LogP contribution in [-0.4, -0.2) is 38.5 Å². The lowest BCUT2D eigenvalue weighted by atomic mass is 10.2. The summed E-state index contributed by atoms with van der Waals surface area (Å²) in [5, 5.41) is 2.57. The number of amides is 2. The zero-order valence-corrected chi connectivity index (χ0v) is 14.0. The number of carbonyl (C=O) groups excluding carboxylic acids is 3. The Morgan fingerprint density at radius 1 is 1.04 bits per heavy atom. The van der Waals surface area contributed by atoms with Crippen LogP contribution < -0.4 is 16.0 Å². The predicted molar refractivity (Wildman–Crippen MR) is 94.6 cm³/mol. The minimum absolute atomic E-state index is 0.338. The predicted octanol–water partition coefficient (Wildman–Crippen LogP) is 1.65. The molecular weight excluding hydrogens is 322 g/mol. The second-order valence-electron chi connectivity index (χ2n) is 5.51. The van der Waals surface area contributed by atoms with E-state index in [1.54, 1.807) is 30.3 Å². The van der Waals surface area contributed by atoms with E-state index in [4.69, 9.17) is 10.5 Å². The highest BCUT2D eigenvalue weighted by molar-refractivity contribution is 5.97. The van der Waals surface area contributed by atoms with E-state index in [1.807, 2.05) is 25.1 Å². The third kappa shape index (κ3) is 5.07. The first kappa shape index (κ1) is 18.0. The molecule has 0 heterocycles. The Bertz CT molecular complexity index is 785. The summed E-state index contributed by atoms with van der Waals surface area (Å²) in [6.45, 7) is -0.414. The first-order valence-corrected chi connectivity index (χ1v) is 7.51. The number of esters is 1. The number of hydrogen-bond acceptors (Lipinski definition) is 5. The Labute approximate surface area is 145 Å². The Morgan fingerprint density at radius 3 is 2.32 bits per heavy atom. The number of hydrogen-bond donors (Lipinski definition) is 2. The van der Waals surface area contributed by atoms with Crippen molar-refractivity contribution < 1.29 is 19.1 Å². The summed E-state index contributed by atoms with van der Waals surface area (Å²) in [5.74, 6) is -1.61. The van der Waals surface area contributed by atoms with Crippen LogP contribution in [0.25, 0.3) is 0 Å². The zero-order valence-electron chi connectivity index (χ0n) is 14.0. The SMILES string of the molecule is CN(C)c1cccc(C(=O)OCC(=O)Nc2ccc(C(N)=O)cc2)c1. The standard InChI is InChI=1S/C18H19N3O4/c1-21(2)15-5-3-4-13(10-15)18(24)25-11-16(22)20-14-8-6-12(7-9-14)17(19)23/h3-10H,11H2,1-2H3,(H2,19,23)(H,20,22). The van der Waals surface area contributed by atoms with E-state index in [0.29, 0.717) is 16.8 Å². The third-order valence-electron chi connectivity index (χ3n) is 3.39. The molecule has 7 heteroatoms. The Hall–Kier alpha value is -3.35. The molecule has 0 unspecified atom stereocenters. The smallest absolute Gasteiger partial charge is 0.338 e. The van der Waals surface area contributed by atoms with E-state index < -0.39 is 24.4 Å². The van der Waals surface area contributed by atoms with Crippen LogP contribution in [0.5, 0.6) is 0 Å². The zero-order chi connectivity index (χ0) is 18.4. The normalized spacial score (nSPS) is 10.0. The van der Waals surface area contributed by atoms with Crippen molar-refractivity contribution in [1.29, 1.82) is 0 Å². The molecule has 0 radical (unpaired) electrons. The fraction of sp³-hybridized carbons (Fsp3) is 0.167. The highest BCUT2D eigenvalue weighted by Gasteiger charge is 2.11. The van der Waals surface area contributed by atoms with Crippen LogP contribution in [0, 0.1) is 0 Å². The number of ether oxygens (including phenoxy) is 1. The summed E-state index contributed by atoms with van der Waals surface area (Å²) >= 11 is 0. The van der Waals surface area contributed by atoms with E-state index in [2.05, 4.69) is 5.32 Å². The number of nitrogens with zero attached hydrogens (tertiary/aromatic N) is 1. The first-order chi connectivity index (χ1) is 11.9. The van der Waals surface area contributed by atoms with Crippen LogP contribution in [-0.2, 0) is 9.53 Å². The number of primary amides is 1. The second-order valence-corrected chi connectivity index (χ2v) is 5.51. The van der Waals surface area contributed by atoms with Crippen molar-refractivity contribution >= 4 is 29.2 Å². The van der Waals surface area contributed by atoms with Gasteiger partial charge in [-0.05, 0) is 42.5 Å². The van der Waals surface area contributed by atoms with Gasteiger partial charge in [0.05, 0.1) is 5.56 Å². The van der Waals surface area contributed by atoms with Gasteiger partial charge < -0.3 is 20.7 Å². The van der Waals surface area contributed by atoms with Crippen LogP contribution >= 0.6 is 0 Å². The van der Waals surface area contributed by atoms with Gasteiger partial charge in [0.25, 0.3) is 5.91 Å². The second kappa shape index (κ2) is 7.96. The fourth-order valence-electron chi connectivity index (χ4n) is 2.04. The van der Waals surface area contributed by atoms with Crippen LogP contribution in [0.15, 0.2) is 48.5 Å². The van der Waals surface area contributed by atoms with E-state index in [1.165, 1.54) is 12.1 Å². The molecule has 0 bridgehead atoms. The molecule has 0 spiro atoms. The van der Waals surface area contributed by atoms with Crippen molar-refractivity contribution in [3.8, 4) is 0 Å². The number of nitrogens with one attached hydrogen (secondary N) is 1. The number of benzene rings is 2. The van der Waals surface area contributed by atoms with Gasteiger partial charge in [0.2, 0.25) is 5.91 Å². The minimum atomic E-state index is -0.581. The van der Waals surface area contributed by atoms with Crippen molar-refractivity contribution in [2.24, 2.45) is 5.73 Å². The molecule has 2 amide bonds. The van der Waals surface area contributed by atoms with E-state index >= 15 is 0 Å². The summed E-state index contributed by atoms with van der Waals surface area (Å²) < 4.78 is 5.02. The molecule has 3 N–H and O–H groups in total. The Balaban J connectivity index is 1.90. The van der Waals surface area contributed by atoms with Gasteiger partial charge in [-0.15, -0.1) is 0 Å². The summed E-state index contributed by atoms with van der Waals surface area (Å²) in [5.41, 5.74) is 7.18. The van der Waals surface area contributed by atoms with Crippen LogP contribution in [0.3, 0.4) is 0 Å². The van der Waals surface area contributed by atoms with Crippen molar-refractivity contribution in [2.45, 2.75) is 0 Å². The Morgan fingerprint density at radius 2 is 1.72 bits per heavy atom. The fourth-order valence-corrected chi connectivity index (χ4v) is 2.04. The molecule has 130 valence electrons. The lowest BCUT2D eigenvalue weighted by molar-refractivity contribution is -0.119. The molecule has 0 saturated heterocycles. The molecule has 0 aliphatic heterocycles. The van der Waals surface area contributed by atoms with Crippen molar-refractivity contribution in [2.75, 3.05) is 30.9 Å². The van der Waals surface area contributed by atoms with Gasteiger partial charge in [0.15, 0.2) is 6.61 Å². The maximum Gasteiger partial charge on any atom is 0.338 e. The van der Waals surface area contributed by atoms with Crippen LogP contribution in [0.2, 0.25) is 0 Å². The van der Waals surface area contributed by atoms with Gasteiger partial charge in [-0.1, -0.05) is 6.07 Å². The average molecular weight is 341 g/mol. The molecule has 2 rings (SSSR count). The third-order valence-corrected chi connectivity index (χ3v) is 3.39. The van der Waals surface area contributed by atoms with Gasteiger partial charge in [-0.2, -0.15) is 0 Å². The summed E-state index contributed by atoms with van der Waals surface area (Å²) in [6, 6.07) is 13.0. The van der Waals surface area contributed by atoms with Gasteiger partial charge >= 0.3 is 5.97 Å². The first-order valence-electron chi connectivity index (χ1n) is 7.51.